The number of piperidine rings is 1. The van der Waals surface area contributed by atoms with Crippen molar-refractivity contribution < 1.29 is 14.3 Å². The molecule has 0 radical (unpaired) electrons. The zero-order valence-corrected chi connectivity index (χ0v) is 15.2. The van der Waals surface area contributed by atoms with Gasteiger partial charge >= 0.3 is 6.01 Å². The number of hydrogen-bond donors (Lipinski definition) is 0. The molecule has 0 spiro atoms. The lowest BCUT2D eigenvalue weighted by molar-refractivity contribution is -0.128. The van der Waals surface area contributed by atoms with Crippen LogP contribution in [0.5, 0.6) is 11.8 Å². The molecule has 6 nitrogen and oxygen atoms in total. The lowest BCUT2D eigenvalue weighted by Gasteiger charge is -2.31. The maximum Gasteiger partial charge on any atom is 0.316 e. The van der Waals surface area contributed by atoms with E-state index in [9.17, 15) is 4.79 Å². The molecular formula is C19H20ClN3O3. The predicted molar refractivity (Wildman–Crippen MR) is 99.3 cm³/mol. The molecule has 1 aromatic heterocycles. The van der Waals surface area contributed by atoms with Crippen molar-refractivity contribution in [1.29, 1.82) is 0 Å². The highest BCUT2D eigenvalue weighted by molar-refractivity contribution is 6.30. The Hall–Kier alpha value is -2.60. The van der Waals surface area contributed by atoms with Gasteiger partial charge in [0.15, 0.2) is 0 Å². The van der Waals surface area contributed by atoms with E-state index in [2.05, 4.69) is 9.97 Å². The van der Waals surface area contributed by atoms with Crippen LogP contribution in [0.25, 0.3) is 6.08 Å². The Morgan fingerprint density at radius 1 is 1.27 bits per heavy atom. The Balaban J connectivity index is 1.56. The molecule has 1 aliphatic heterocycles. The minimum absolute atomic E-state index is 0.0360. The van der Waals surface area contributed by atoms with Crippen LogP contribution in [0, 0.1) is 0 Å². The summed E-state index contributed by atoms with van der Waals surface area (Å²) in [6, 6.07) is 7.82. The topological polar surface area (TPSA) is 64.5 Å². The van der Waals surface area contributed by atoms with E-state index >= 15 is 0 Å². The molecule has 0 saturated carbocycles. The van der Waals surface area contributed by atoms with Gasteiger partial charge in [-0.15, -0.1) is 0 Å². The quantitative estimate of drug-likeness (QED) is 0.753. The Morgan fingerprint density at radius 3 is 2.69 bits per heavy atom. The molecule has 1 fully saturated rings. The van der Waals surface area contributed by atoms with E-state index in [1.165, 1.54) is 12.4 Å². The third-order valence-electron chi connectivity index (χ3n) is 4.09. The number of amides is 1. The summed E-state index contributed by atoms with van der Waals surface area (Å²) >= 11 is 5.77. The Kier molecular flexibility index (Phi) is 6.07. The molecule has 1 unspecified atom stereocenters. The highest BCUT2D eigenvalue weighted by Gasteiger charge is 2.24. The van der Waals surface area contributed by atoms with Gasteiger partial charge in [0.25, 0.3) is 0 Å². The molecule has 1 aliphatic rings. The monoisotopic (exact) mass is 373 g/mol. The zero-order chi connectivity index (χ0) is 18.4. The molecule has 7 heteroatoms. The van der Waals surface area contributed by atoms with Crippen molar-refractivity contribution in [1.82, 2.24) is 14.9 Å². The Bertz CT molecular complexity index is 763. The van der Waals surface area contributed by atoms with Crippen LogP contribution in [0.1, 0.15) is 18.4 Å². The van der Waals surface area contributed by atoms with Gasteiger partial charge in [-0.05, 0) is 36.6 Å². The fourth-order valence-electron chi connectivity index (χ4n) is 2.73. The number of likely N-dealkylation sites (tertiary alicyclic amines) is 1. The van der Waals surface area contributed by atoms with Crippen LogP contribution in [-0.2, 0) is 4.79 Å². The standard InChI is InChI=1S/C19H20ClN3O3/c1-25-16-7-4-14(5-8-16)6-9-18(24)23-10-2-3-17(13-23)26-19-21-11-15(20)12-22-19/h4-9,11-12,17H,2-3,10,13H2,1H3/b9-6+. The van der Waals surface area contributed by atoms with Crippen LogP contribution in [0.3, 0.4) is 0 Å². The van der Waals surface area contributed by atoms with Crippen LogP contribution in [0.4, 0.5) is 0 Å². The van der Waals surface area contributed by atoms with Gasteiger partial charge in [-0.1, -0.05) is 23.7 Å². The Labute approximate surface area is 157 Å². The third-order valence-corrected chi connectivity index (χ3v) is 4.29. The van der Waals surface area contributed by atoms with Gasteiger partial charge in [0.1, 0.15) is 11.9 Å². The Morgan fingerprint density at radius 2 is 2.00 bits per heavy atom. The molecule has 0 aliphatic carbocycles. The number of rotatable bonds is 5. The fourth-order valence-corrected chi connectivity index (χ4v) is 2.83. The molecule has 1 saturated heterocycles. The van der Waals surface area contributed by atoms with Crippen LogP contribution in [-0.4, -0.2) is 47.1 Å². The summed E-state index contributed by atoms with van der Waals surface area (Å²) in [6.45, 7) is 1.23. The first-order valence-electron chi connectivity index (χ1n) is 8.39. The molecule has 2 aromatic rings. The van der Waals surface area contributed by atoms with Crippen molar-refractivity contribution in [2.24, 2.45) is 0 Å². The number of methoxy groups -OCH3 is 1. The van der Waals surface area contributed by atoms with Gasteiger partial charge in [0, 0.05) is 12.6 Å². The summed E-state index contributed by atoms with van der Waals surface area (Å²) < 4.78 is 10.9. The van der Waals surface area contributed by atoms with Gasteiger partial charge in [0.05, 0.1) is 31.1 Å². The van der Waals surface area contributed by atoms with E-state index in [1.807, 2.05) is 24.3 Å². The molecule has 0 N–H and O–H groups in total. The molecule has 0 bridgehead atoms. The van der Waals surface area contributed by atoms with Crippen LogP contribution in [0.2, 0.25) is 5.02 Å². The maximum atomic E-state index is 12.4. The van der Waals surface area contributed by atoms with E-state index in [0.29, 0.717) is 18.1 Å². The predicted octanol–water partition coefficient (Wildman–Crippen LogP) is 3.22. The molecule has 1 atom stereocenters. The number of aromatic nitrogens is 2. The van der Waals surface area contributed by atoms with Crippen LogP contribution in [0.15, 0.2) is 42.7 Å². The average Bonchev–Trinajstić information content (AvgIpc) is 2.68. The van der Waals surface area contributed by atoms with Gasteiger partial charge in [-0.25, -0.2) is 9.97 Å². The highest BCUT2D eigenvalue weighted by atomic mass is 35.5. The van der Waals surface area contributed by atoms with E-state index in [4.69, 9.17) is 21.1 Å². The maximum absolute atomic E-state index is 12.4. The third kappa shape index (κ3) is 4.95. The van der Waals surface area contributed by atoms with Crippen molar-refractivity contribution in [2.75, 3.05) is 20.2 Å². The molecule has 3 rings (SSSR count). The SMILES string of the molecule is COc1ccc(/C=C/C(=O)N2CCCC(Oc3ncc(Cl)cn3)C2)cc1. The first kappa shape index (κ1) is 18.2. The summed E-state index contributed by atoms with van der Waals surface area (Å²) in [5, 5.41) is 0.460. The molecule has 136 valence electrons. The van der Waals surface area contributed by atoms with Crippen molar-refractivity contribution in [3.05, 3.63) is 53.3 Å². The summed E-state index contributed by atoms with van der Waals surface area (Å²) in [5.41, 5.74) is 0.943. The number of carbonyl (C=O) groups excluding carboxylic acids is 1. The number of hydrogen-bond acceptors (Lipinski definition) is 5. The average molecular weight is 374 g/mol. The number of benzene rings is 1. The summed E-state index contributed by atoms with van der Waals surface area (Å²) in [5.74, 6) is 0.750. The van der Waals surface area contributed by atoms with Gasteiger partial charge in [-0.2, -0.15) is 0 Å². The number of carbonyl (C=O) groups is 1. The van der Waals surface area contributed by atoms with E-state index in [0.717, 1.165) is 24.2 Å². The second kappa shape index (κ2) is 8.67. The van der Waals surface area contributed by atoms with E-state index in [-0.39, 0.29) is 18.0 Å². The molecule has 2 heterocycles. The normalized spacial score (nSPS) is 17.3. The van der Waals surface area contributed by atoms with Crippen LogP contribution >= 0.6 is 11.6 Å². The molecule has 1 aromatic carbocycles. The lowest BCUT2D eigenvalue weighted by Crippen LogP contribution is -2.43. The smallest absolute Gasteiger partial charge is 0.316 e. The number of nitrogens with zero attached hydrogens (tertiary/aromatic N) is 3. The fraction of sp³-hybridized carbons (Fsp3) is 0.316. The second-order valence-electron chi connectivity index (χ2n) is 5.96. The van der Waals surface area contributed by atoms with Crippen molar-refractivity contribution in [3.8, 4) is 11.8 Å². The molecule has 1 amide bonds. The summed E-state index contributed by atoms with van der Waals surface area (Å²) in [6.07, 6.45) is 7.99. The largest absolute Gasteiger partial charge is 0.497 e. The summed E-state index contributed by atoms with van der Waals surface area (Å²) in [7, 11) is 1.62. The highest BCUT2D eigenvalue weighted by Crippen LogP contribution is 2.17. The molecular weight excluding hydrogens is 354 g/mol. The second-order valence-corrected chi connectivity index (χ2v) is 6.39. The number of ether oxygens (including phenoxy) is 2. The van der Waals surface area contributed by atoms with Crippen LogP contribution < -0.4 is 9.47 Å². The van der Waals surface area contributed by atoms with Crippen molar-refractivity contribution in [2.45, 2.75) is 18.9 Å². The van der Waals surface area contributed by atoms with E-state index < -0.39 is 0 Å². The summed E-state index contributed by atoms with van der Waals surface area (Å²) in [4.78, 5) is 22.3. The van der Waals surface area contributed by atoms with Crippen molar-refractivity contribution in [3.63, 3.8) is 0 Å². The minimum atomic E-state index is -0.122. The van der Waals surface area contributed by atoms with Crippen molar-refractivity contribution >= 4 is 23.6 Å². The van der Waals surface area contributed by atoms with Gasteiger partial charge in [0.2, 0.25) is 5.91 Å². The van der Waals surface area contributed by atoms with Gasteiger partial charge in [-0.3, -0.25) is 4.79 Å². The first-order valence-corrected chi connectivity index (χ1v) is 8.77. The lowest BCUT2D eigenvalue weighted by atomic mass is 10.1. The van der Waals surface area contributed by atoms with E-state index in [1.54, 1.807) is 24.2 Å². The minimum Gasteiger partial charge on any atom is -0.497 e. The zero-order valence-electron chi connectivity index (χ0n) is 14.5. The number of halogens is 1. The first-order chi connectivity index (χ1) is 12.6. The van der Waals surface area contributed by atoms with Gasteiger partial charge < -0.3 is 14.4 Å². The molecule has 26 heavy (non-hydrogen) atoms.